The van der Waals surface area contributed by atoms with Crippen molar-refractivity contribution in [1.29, 1.82) is 0 Å². The van der Waals surface area contributed by atoms with Crippen molar-refractivity contribution in [2.45, 2.75) is 53.7 Å². The zero-order valence-electron chi connectivity index (χ0n) is 21.4. The van der Waals surface area contributed by atoms with E-state index >= 15 is 0 Å². The van der Waals surface area contributed by atoms with Gasteiger partial charge in [0.15, 0.2) is 0 Å². The highest BCUT2D eigenvalue weighted by molar-refractivity contribution is 7.22. The van der Waals surface area contributed by atoms with Crippen LogP contribution in [0.5, 0.6) is 5.75 Å². The molecular formula is C29H32N2O3S. The van der Waals surface area contributed by atoms with Gasteiger partial charge in [0.25, 0.3) is 0 Å². The quantitative estimate of drug-likeness (QED) is 0.287. The summed E-state index contributed by atoms with van der Waals surface area (Å²) in [4.78, 5) is 20.9. The number of amides is 1. The number of carbonyl (C=O) groups excluding carboxylic acids is 1. The lowest BCUT2D eigenvalue weighted by Gasteiger charge is -2.28. The lowest BCUT2D eigenvalue weighted by atomic mass is 10.1. The molecule has 0 bridgehead atoms. The number of anilines is 1. The normalized spacial score (nSPS) is 11.5. The Morgan fingerprint density at radius 3 is 2.49 bits per heavy atom. The lowest BCUT2D eigenvalue weighted by Crippen LogP contribution is -2.37. The average Bonchev–Trinajstić information content (AvgIpc) is 3.22. The Morgan fingerprint density at radius 2 is 1.80 bits per heavy atom. The zero-order chi connectivity index (χ0) is 25.3. The first kappa shape index (κ1) is 24.7. The van der Waals surface area contributed by atoms with Gasteiger partial charge in [-0.3, -0.25) is 9.88 Å². The van der Waals surface area contributed by atoms with Crippen molar-refractivity contribution in [3.05, 3.63) is 77.1 Å². The Balaban J connectivity index is 1.79. The molecule has 1 amide bonds. The molecule has 2 aromatic carbocycles. The number of carbonyl (C=O) groups is 1. The van der Waals surface area contributed by atoms with Crippen LogP contribution in [0, 0.1) is 20.8 Å². The predicted molar refractivity (Wildman–Crippen MR) is 145 cm³/mol. The van der Waals surface area contributed by atoms with Gasteiger partial charge in [0.1, 0.15) is 11.4 Å². The zero-order valence-corrected chi connectivity index (χ0v) is 22.2. The number of methoxy groups -OCH3 is 1. The monoisotopic (exact) mass is 488 g/mol. The van der Waals surface area contributed by atoms with E-state index in [0.717, 1.165) is 44.3 Å². The fraction of sp³-hybridized carbons (Fsp3) is 0.310. The predicted octanol–water partition coefficient (Wildman–Crippen LogP) is 7.84. The number of hydrogen-bond acceptors (Lipinski definition) is 5. The number of benzene rings is 2. The van der Waals surface area contributed by atoms with Gasteiger partial charge in [0.2, 0.25) is 0 Å². The Labute approximate surface area is 211 Å². The maximum Gasteiger partial charge on any atom is 0.415 e. The summed E-state index contributed by atoms with van der Waals surface area (Å²) in [5, 5.41) is 1.21. The van der Waals surface area contributed by atoms with Crippen LogP contribution < -0.4 is 9.64 Å². The van der Waals surface area contributed by atoms with Crippen LogP contribution in [0.15, 0.2) is 54.7 Å². The SMILES string of the molecule is COc1c(C)cnc(CN(C(=O)OC(C)(C)C)c2cc(C)cc(-c3cc4ccccc4s3)c2)c1C. The second kappa shape index (κ2) is 9.70. The number of hydrogen-bond donors (Lipinski definition) is 0. The summed E-state index contributed by atoms with van der Waals surface area (Å²) in [6.07, 6.45) is 1.37. The molecule has 2 aromatic heterocycles. The van der Waals surface area contributed by atoms with Crippen molar-refractivity contribution in [1.82, 2.24) is 4.98 Å². The van der Waals surface area contributed by atoms with E-state index in [4.69, 9.17) is 9.47 Å². The van der Waals surface area contributed by atoms with Crippen molar-refractivity contribution < 1.29 is 14.3 Å². The summed E-state index contributed by atoms with van der Waals surface area (Å²) in [6, 6.07) is 16.8. The summed E-state index contributed by atoms with van der Waals surface area (Å²) < 4.78 is 12.6. The van der Waals surface area contributed by atoms with Gasteiger partial charge in [0, 0.05) is 32.6 Å². The molecule has 0 N–H and O–H groups in total. The van der Waals surface area contributed by atoms with Gasteiger partial charge in [-0.05, 0) is 82.3 Å². The van der Waals surface area contributed by atoms with Gasteiger partial charge in [0.05, 0.1) is 19.3 Å². The Morgan fingerprint density at radius 1 is 1.06 bits per heavy atom. The minimum atomic E-state index is -0.624. The molecule has 182 valence electrons. The van der Waals surface area contributed by atoms with Gasteiger partial charge in [-0.2, -0.15) is 0 Å². The van der Waals surface area contributed by atoms with Gasteiger partial charge in [-0.15, -0.1) is 11.3 Å². The minimum Gasteiger partial charge on any atom is -0.496 e. The van der Waals surface area contributed by atoms with E-state index in [-0.39, 0.29) is 6.54 Å². The number of thiophene rings is 1. The maximum atomic E-state index is 13.4. The molecule has 4 rings (SSSR count). The molecular weight excluding hydrogens is 456 g/mol. The molecule has 0 fully saturated rings. The van der Waals surface area contributed by atoms with Crippen LogP contribution in [0.1, 0.15) is 43.2 Å². The molecule has 35 heavy (non-hydrogen) atoms. The highest BCUT2D eigenvalue weighted by Gasteiger charge is 2.26. The van der Waals surface area contributed by atoms with Crippen molar-refractivity contribution in [3.8, 4) is 16.2 Å². The van der Waals surface area contributed by atoms with Crippen LogP contribution in [0.2, 0.25) is 0 Å². The van der Waals surface area contributed by atoms with Crippen LogP contribution in [-0.4, -0.2) is 23.8 Å². The third kappa shape index (κ3) is 5.49. The summed E-state index contributed by atoms with van der Waals surface area (Å²) in [7, 11) is 1.66. The average molecular weight is 489 g/mol. The number of pyridine rings is 1. The Kier molecular flexibility index (Phi) is 6.86. The number of ether oxygens (including phenoxy) is 2. The third-order valence-electron chi connectivity index (χ3n) is 5.76. The number of aryl methyl sites for hydroxylation is 2. The lowest BCUT2D eigenvalue weighted by molar-refractivity contribution is 0.0577. The molecule has 5 nitrogen and oxygen atoms in total. The molecule has 0 aliphatic heterocycles. The van der Waals surface area contributed by atoms with Gasteiger partial charge in [-0.25, -0.2) is 4.79 Å². The van der Waals surface area contributed by atoms with Crippen molar-refractivity contribution >= 4 is 33.2 Å². The molecule has 6 heteroatoms. The highest BCUT2D eigenvalue weighted by Crippen LogP contribution is 2.36. The highest BCUT2D eigenvalue weighted by atomic mass is 32.1. The van der Waals surface area contributed by atoms with E-state index in [2.05, 4.69) is 47.4 Å². The van der Waals surface area contributed by atoms with E-state index in [1.54, 1.807) is 29.5 Å². The molecule has 4 aromatic rings. The molecule has 0 aliphatic rings. The van der Waals surface area contributed by atoms with Crippen LogP contribution >= 0.6 is 11.3 Å². The molecule has 0 saturated carbocycles. The number of fused-ring (bicyclic) bond motifs is 1. The van der Waals surface area contributed by atoms with Gasteiger partial charge < -0.3 is 9.47 Å². The third-order valence-corrected chi connectivity index (χ3v) is 6.92. The van der Waals surface area contributed by atoms with E-state index in [1.807, 2.05) is 47.6 Å². The van der Waals surface area contributed by atoms with Crippen LogP contribution in [0.25, 0.3) is 20.5 Å². The van der Waals surface area contributed by atoms with Crippen LogP contribution in [-0.2, 0) is 11.3 Å². The number of aromatic nitrogens is 1. The molecule has 0 aliphatic carbocycles. The first-order chi connectivity index (χ1) is 16.6. The largest absolute Gasteiger partial charge is 0.496 e. The molecule has 0 spiro atoms. The fourth-order valence-corrected chi connectivity index (χ4v) is 5.19. The van der Waals surface area contributed by atoms with Crippen LogP contribution in [0.3, 0.4) is 0 Å². The number of rotatable bonds is 5. The topological polar surface area (TPSA) is 51.7 Å². The Hall–Kier alpha value is -3.38. The second-order valence-electron chi connectivity index (χ2n) is 9.82. The van der Waals surface area contributed by atoms with Crippen molar-refractivity contribution in [2.75, 3.05) is 12.0 Å². The van der Waals surface area contributed by atoms with Crippen LogP contribution in [0.4, 0.5) is 10.5 Å². The molecule has 2 heterocycles. The summed E-state index contributed by atoms with van der Waals surface area (Å²) in [6.45, 7) is 11.9. The molecule has 0 saturated heterocycles. The summed E-state index contributed by atoms with van der Waals surface area (Å²) >= 11 is 1.75. The van der Waals surface area contributed by atoms with Gasteiger partial charge >= 0.3 is 6.09 Å². The minimum absolute atomic E-state index is 0.271. The standard InChI is InChI=1S/C29H32N2O3S/c1-18-12-22(26-15-21-10-8-9-11-25(21)35-26)14-23(13-18)31(28(32)34-29(4,5)6)17-24-20(3)27(33-7)19(2)16-30-24/h8-16H,17H2,1-7H3. The Bertz CT molecular complexity index is 1350. The van der Waals surface area contributed by atoms with E-state index < -0.39 is 11.7 Å². The molecule has 0 atom stereocenters. The first-order valence-corrected chi connectivity index (χ1v) is 12.5. The maximum absolute atomic E-state index is 13.4. The first-order valence-electron chi connectivity index (χ1n) is 11.7. The second-order valence-corrected chi connectivity index (χ2v) is 10.9. The fourth-order valence-electron chi connectivity index (χ4n) is 4.14. The summed E-state index contributed by atoms with van der Waals surface area (Å²) in [5.74, 6) is 0.786. The van der Waals surface area contributed by atoms with Crippen molar-refractivity contribution in [3.63, 3.8) is 0 Å². The van der Waals surface area contributed by atoms with E-state index in [9.17, 15) is 4.79 Å². The smallest absolute Gasteiger partial charge is 0.415 e. The molecule has 0 unspecified atom stereocenters. The van der Waals surface area contributed by atoms with E-state index in [0.29, 0.717) is 0 Å². The van der Waals surface area contributed by atoms with Gasteiger partial charge in [-0.1, -0.05) is 24.3 Å². The van der Waals surface area contributed by atoms with Crippen molar-refractivity contribution in [2.24, 2.45) is 0 Å². The van der Waals surface area contributed by atoms with E-state index in [1.165, 1.54) is 10.1 Å². The number of nitrogens with zero attached hydrogens (tertiary/aromatic N) is 2. The molecule has 0 radical (unpaired) electrons. The summed E-state index contributed by atoms with van der Waals surface area (Å²) in [5.41, 5.74) is 4.92.